The molecule has 1 aromatic carbocycles. The summed E-state index contributed by atoms with van der Waals surface area (Å²) in [7, 11) is 2.11. The molecule has 102 valence electrons. The summed E-state index contributed by atoms with van der Waals surface area (Å²) in [5, 5.41) is 3.32. The van der Waals surface area contributed by atoms with E-state index < -0.39 is 0 Å². The monoisotopic (exact) mass is 266 g/mol. The second kappa shape index (κ2) is 4.56. The van der Waals surface area contributed by atoms with Crippen LogP contribution in [0.15, 0.2) is 30.5 Å². The summed E-state index contributed by atoms with van der Waals surface area (Å²) in [6.45, 7) is 1.76. The number of hydrogen-bond donors (Lipinski definition) is 1. The van der Waals surface area contributed by atoms with Crippen LogP contribution in [0.5, 0.6) is 0 Å². The molecule has 1 N–H and O–H groups in total. The number of anilines is 1. The topological polar surface area (TPSA) is 41.1 Å². The number of nitrogens with zero attached hydrogens (tertiary/aromatic N) is 3. The molecule has 2 aromatic rings. The molecule has 0 unspecified atom stereocenters. The highest BCUT2D eigenvalue weighted by molar-refractivity contribution is 5.41. The Kier molecular flexibility index (Phi) is 2.70. The van der Waals surface area contributed by atoms with E-state index in [0.29, 0.717) is 6.04 Å². The van der Waals surface area contributed by atoms with Crippen LogP contribution in [0.2, 0.25) is 0 Å². The zero-order valence-corrected chi connectivity index (χ0v) is 11.6. The highest BCUT2D eigenvalue weighted by Crippen LogP contribution is 2.27. The Hall–Kier alpha value is -1.94. The van der Waals surface area contributed by atoms with Gasteiger partial charge in [0.2, 0.25) is 5.95 Å². The largest absolute Gasteiger partial charge is 0.340 e. The van der Waals surface area contributed by atoms with Crippen molar-refractivity contribution < 1.29 is 0 Å². The standard InChI is InChI=1S/C16H18N4/c1-20(14-6-11-4-2-3-5-12(11)7-14)16-18-9-13-8-17-10-15(13)19-16/h2-5,9,14,17H,6-8,10H2,1H3. The highest BCUT2D eigenvalue weighted by Gasteiger charge is 2.26. The van der Waals surface area contributed by atoms with E-state index in [1.54, 1.807) is 0 Å². The van der Waals surface area contributed by atoms with E-state index in [9.17, 15) is 0 Å². The quantitative estimate of drug-likeness (QED) is 0.898. The predicted molar refractivity (Wildman–Crippen MR) is 78.6 cm³/mol. The molecule has 0 atom stereocenters. The van der Waals surface area contributed by atoms with E-state index in [2.05, 4.69) is 46.5 Å². The number of benzene rings is 1. The van der Waals surface area contributed by atoms with Gasteiger partial charge < -0.3 is 10.2 Å². The summed E-state index contributed by atoms with van der Waals surface area (Å²) < 4.78 is 0. The average Bonchev–Trinajstić information content (AvgIpc) is 3.11. The highest BCUT2D eigenvalue weighted by atomic mass is 15.3. The fourth-order valence-electron chi connectivity index (χ4n) is 3.19. The number of nitrogens with one attached hydrogen (secondary N) is 1. The van der Waals surface area contributed by atoms with Crippen LogP contribution in [0.1, 0.15) is 22.4 Å². The van der Waals surface area contributed by atoms with Crippen molar-refractivity contribution in [3.63, 3.8) is 0 Å². The number of fused-ring (bicyclic) bond motifs is 2. The third kappa shape index (κ3) is 1.88. The van der Waals surface area contributed by atoms with Crippen LogP contribution in [0.4, 0.5) is 5.95 Å². The molecule has 0 radical (unpaired) electrons. The maximum Gasteiger partial charge on any atom is 0.225 e. The Morgan fingerprint density at radius 3 is 2.60 bits per heavy atom. The summed E-state index contributed by atoms with van der Waals surface area (Å²) in [4.78, 5) is 11.5. The first-order valence-electron chi connectivity index (χ1n) is 7.16. The zero-order chi connectivity index (χ0) is 13.5. The van der Waals surface area contributed by atoms with E-state index in [-0.39, 0.29) is 0 Å². The van der Waals surface area contributed by atoms with Crippen molar-refractivity contribution in [2.24, 2.45) is 0 Å². The van der Waals surface area contributed by atoms with Gasteiger partial charge in [0, 0.05) is 37.9 Å². The third-order valence-electron chi connectivity index (χ3n) is 4.44. The van der Waals surface area contributed by atoms with Crippen molar-refractivity contribution in [3.8, 4) is 0 Å². The first-order chi connectivity index (χ1) is 9.81. The van der Waals surface area contributed by atoms with E-state index in [1.807, 2.05) is 6.20 Å². The van der Waals surface area contributed by atoms with Crippen molar-refractivity contribution in [2.75, 3.05) is 11.9 Å². The van der Waals surface area contributed by atoms with Gasteiger partial charge >= 0.3 is 0 Å². The first kappa shape index (κ1) is 11.9. The lowest BCUT2D eigenvalue weighted by molar-refractivity contribution is 0.648. The van der Waals surface area contributed by atoms with Crippen LogP contribution in [0, 0.1) is 0 Å². The molecule has 4 rings (SSSR count). The van der Waals surface area contributed by atoms with Gasteiger partial charge in [-0.05, 0) is 24.0 Å². The van der Waals surface area contributed by atoms with E-state index in [0.717, 1.165) is 37.6 Å². The first-order valence-corrected chi connectivity index (χ1v) is 7.16. The molecule has 20 heavy (non-hydrogen) atoms. The van der Waals surface area contributed by atoms with Crippen LogP contribution >= 0.6 is 0 Å². The summed E-state index contributed by atoms with van der Waals surface area (Å²) in [5.41, 5.74) is 5.31. The maximum atomic E-state index is 4.71. The second-order valence-electron chi connectivity index (χ2n) is 5.69. The minimum Gasteiger partial charge on any atom is -0.340 e. The van der Waals surface area contributed by atoms with Gasteiger partial charge in [-0.1, -0.05) is 24.3 Å². The van der Waals surface area contributed by atoms with Gasteiger partial charge in [-0.15, -0.1) is 0 Å². The van der Waals surface area contributed by atoms with Gasteiger partial charge in [-0.2, -0.15) is 0 Å². The molecule has 0 spiro atoms. The maximum absolute atomic E-state index is 4.71. The Morgan fingerprint density at radius 2 is 1.85 bits per heavy atom. The van der Waals surface area contributed by atoms with Gasteiger partial charge in [0.25, 0.3) is 0 Å². The Bertz CT molecular complexity index is 628. The fourth-order valence-corrected chi connectivity index (χ4v) is 3.19. The molecule has 2 aliphatic rings. The second-order valence-corrected chi connectivity index (χ2v) is 5.69. The summed E-state index contributed by atoms with van der Waals surface area (Å²) in [6, 6.07) is 9.19. The van der Waals surface area contributed by atoms with E-state index in [4.69, 9.17) is 4.98 Å². The van der Waals surface area contributed by atoms with Gasteiger partial charge in [0.05, 0.1) is 5.69 Å². The van der Waals surface area contributed by atoms with Crippen molar-refractivity contribution in [1.29, 1.82) is 0 Å². The molecular formula is C16H18N4. The lowest BCUT2D eigenvalue weighted by Crippen LogP contribution is -2.33. The van der Waals surface area contributed by atoms with Gasteiger partial charge in [-0.25, -0.2) is 9.97 Å². The predicted octanol–water partition coefficient (Wildman–Crippen LogP) is 1.68. The Morgan fingerprint density at radius 1 is 1.10 bits per heavy atom. The van der Waals surface area contributed by atoms with Crippen LogP contribution in [0.25, 0.3) is 0 Å². The van der Waals surface area contributed by atoms with Crippen LogP contribution in [-0.2, 0) is 25.9 Å². The van der Waals surface area contributed by atoms with Crippen molar-refractivity contribution in [3.05, 3.63) is 52.8 Å². The molecule has 1 aromatic heterocycles. The lowest BCUT2D eigenvalue weighted by atomic mass is 10.1. The molecule has 0 amide bonds. The van der Waals surface area contributed by atoms with Gasteiger partial charge in [-0.3, -0.25) is 0 Å². The molecule has 4 heteroatoms. The Balaban J connectivity index is 1.58. The molecule has 2 heterocycles. The number of rotatable bonds is 2. The SMILES string of the molecule is CN(c1ncc2c(n1)CNC2)C1Cc2ccccc2C1. The summed E-state index contributed by atoms with van der Waals surface area (Å²) in [6.07, 6.45) is 4.15. The fraction of sp³-hybridized carbons (Fsp3) is 0.375. The van der Waals surface area contributed by atoms with Crippen molar-refractivity contribution in [1.82, 2.24) is 15.3 Å². The van der Waals surface area contributed by atoms with Crippen LogP contribution in [0.3, 0.4) is 0 Å². The van der Waals surface area contributed by atoms with Crippen LogP contribution in [-0.4, -0.2) is 23.1 Å². The molecule has 0 bridgehead atoms. The molecule has 0 saturated heterocycles. The summed E-state index contributed by atoms with van der Waals surface area (Å²) >= 11 is 0. The van der Waals surface area contributed by atoms with Gasteiger partial charge in [0.1, 0.15) is 0 Å². The Labute approximate surface area is 118 Å². The van der Waals surface area contributed by atoms with Gasteiger partial charge in [0.15, 0.2) is 0 Å². The minimum atomic E-state index is 0.472. The lowest BCUT2D eigenvalue weighted by Gasteiger charge is -2.24. The normalized spacial score (nSPS) is 17.1. The molecule has 0 fully saturated rings. The van der Waals surface area contributed by atoms with Crippen molar-refractivity contribution in [2.45, 2.75) is 32.0 Å². The van der Waals surface area contributed by atoms with E-state index in [1.165, 1.54) is 16.7 Å². The van der Waals surface area contributed by atoms with Crippen LogP contribution < -0.4 is 10.2 Å². The molecule has 4 nitrogen and oxygen atoms in total. The van der Waals surface area contributed by atoms with Crippen molar-refractivity contribution >= 4 is 5.95 Å². The molecule has 1 aliphatic heterocycles. The molecule has 1 aliphatic carbocycles. The molecule has 0 saturated carbocycles. The van der Waals surface area contributed by atoms with E-state index >= 15 is 0 Å². The number of hydrogen-bond acceptors (Lipinski definition) is 4. The number of likely N-dealkylation sites (N-methyl/N-ethyl adjacent to an activating group) is 1. The smallest absolute Gasteiger partial charge is 0.225 e. The summed E-state index contributed by atoms with van der Waals surface area (Å²) in [5.74, 6) is 0.852. The number of aromatic nitrogens is 2. The third-order valence-corrected chi connectivity index (χ3v) is 4.44. The average molecular weight is 266 g/mol. The zero-order valence-electron chi connectivity index (χ0n) is 11.6. The molecular weight excluding hydrogens is 248 g/mol. The minimum absolute atomic E-state index is 0.472.